The Kier molecular flexibility index (Phi) is 5.03. The fourth-order valence-corrected chi connectivity index (χ4v) is 3.68. The Balaban J connectivity index is 1.91. The van der Waals surface area contributed by atoms with E-state index in [1.54, 1.807) is 18.0 Å². The second-order valence-electron chi connectivity index (χ2n) is 4.32. The molecule has 2 heterocycles. The summed E-state index contributed by atoms with van der Waals surface area (Å²) < 4.78 is 25.4. The fraction of sp³-hybridized carbons (Fsp3) is 0.250. The molecule has 0 atom stereocenters. The molecule has 0 unspecified atom stereocenters. The third kappa shape index (κ3) is 3.77. The van der Waals surface area contributed by atoms with Gasteiger partial charge in [-0.2, -0.15) is 11.8 Å². The van der Waals surface area contributed by atoms with Crippen LogP contribution in [0.2, 0.25) is 0 Å². The lowest BCUT2D eigenvalue weighted by Crippen LogP contribution is -2.27. The highest BCUT2D eigenvalue weighted by molar-refractivity contribution is 7.98. The third-order valence-electron chi connectivity index (χ3n) is 2.70. The van der Waals surface area contributed by atoms with Crippen molar-refractivity contribution in [3.05, 3.63) is 40.7 Å². The van der Waals surface area contributed by atoms with Gasteiger partial charge in [-0.1, -0.05) is 6.07 Å². The first kappa shape index (κ1) is 16.3. The Bertz CT molecular complexity index is 728. The molecule has 0 radical (unpaired) electrons. The average Bonchev–Trinajstić information content (AvgIpc) is 2.69. The summed E-state index contributed by atoms with van der Waals surface area (Å²) in [5.74, 6) is 0.253. The van der Waals surface area contributed by atoms with Crippen molar-refractivity contribution in [3.8, 4) is 0 Å². The SMILES string of the molecule is NC(=O)C1=C(N)C(=NCCSCc2ccccn2)NS1(=O)=O. The summed E-state index contributed by atoms with van der Waals surface area (Å²) in [6, 6.07) is 5.68. The number of carbonyl (C=O) groups is 1. The topological polar surface area (TPSA) is 141 Å². The monoisotopic (exact) mass is 341 g/mol. The van der Waals surface area contributed by atoms with Gasteiger partial charge >= 0.3 is 0 Å². The summed E-state index contributed by atoms with van der Waals surface area (Å²) in [5.41, 5.74) is 11.3. The van der Waals surface area contributed by atoms with Crippen LogP contribution in [0, 0.1) is 0 Å². The Hall–Kier alpha value is -2.07. The number of hydrogen-bond acceptors (Lipinski definition) is 7. The molecule has 1 aliphatic rings. The molecule has 5 N–H and O–H groups in total. The third-order valence-corrected chi connectivity index (χ3v) is 5.10. The maximum atomic E-state index is 11.7. The van der Waals surface area contributed by atoms with Crippen LogP contribution in [0.1, 0.15) is 5.69 Å². The highest BCUT2D eigenvalue weighted by Crippen LogP contribution is 2.16. The lowest BCUT2D eigenvalue weighted by atomic mass is 10.3. The number of amides is 1. The molecule has 10 heteroatoms. The van der Waals surface area contributed by atoms with E-state index in [4.69, 9.17) is 11.5 Å². The van der Waals surface area contributed by atoms with Crippen molar-refractivity contribution in [2.45, 2.75) is 5.75 Å². The summed E-state index contributed by atoms with van der Waals surface area (Å²) in [5, 5.41) is 0. The van der Waals surface area contributed by atoms with Crippen molar-refractivity contribution in [1.29, 1.82) is 0 Å². The van der Waals surface area contributed by atoms with Crippen molar-refractivity contribution in [1.82, 2.24) is 9.71 Å². The minimum atomic E-state index is -3.99. The van der Waals surface area contributed by atoms with Gasteiger partial charge in [-0.05, 0) is 12.1 Å². The van der Waals surface area contributed by atoms with Gasteiger partial charge in [-0.25, -0.2) is 8.42 Å². The first-order chi connectivity index (χ1) is 10.4. The van der Waals surface area contributed by atoms with Crippen LogP contribution in [-0.4, -0.2) is 37.4 Å². The predicted molar refractivity (Wildman–Crippen MR) is 85.2 cm³/mol. The molecule has 0 saturated carbocycles. The van der Waals surface area contributed by atoms with Gasteiger partial charge < -0.3 is 11.5 Å². The summed E-state index contributed by atoms with van der Waals surface area (Å²) in [7, 11) is -3.99. The van der Waals surface area contributed by atoms with Crippen molar-refractivity contribution < 1.29 is 13.2 Å². The molecule has 0 aromatic carbocycles. The van der Waals surface area contributed by atoms with Crippen LogP contribution < -0.4 is 16.2 Å². The van der Waals surface area contributed by atoms with E-state index in [-0.39, 0.29) is 11.5 Å². The minimum absolute atomic E-state index is 0.0350. The van der Waals surface area contributed by atoms with Gasteiger partial charge in [0, 0.05) is 17.7 Å². The normalized spacial score (nSPS) is 18.5. The van der Waals surface area contributed by atoms with Gasteiger partial charge in [0.05, 0.1) is 12.2 Å². The molecule has 0 fully saturated rings. The number of primary amides is 1. The number of sulfonamides is 1. The molecule has 0 bridgehead atoms. The number of aromatic nitrogens is 1. The number of nitrogens with zero attached hydrogens (tertiary/aromatic N) is 2. The van der Waals surface area contributed by atoms with Crippen molar-refractivity contribution in [2.75, 3.05) is 12.3 Å². The van der Waals surface area contributed by atoms with E-state index in [1.165, 1.54) is 0 Å². The highest BCUT2D eigenvalue weighted by atomic mass is 32.2. The molecule has 8 nitrogen and oxygen atoms in total. The Morgan fingerprint density at radius 1 is 1.41 bits per heavy atom. The van der Waals surface area contributed by atoms with Crippen LogP contribution in [0.4, 0.5) is 0 Å². The van der Waals surface area contributed by atoms with Gasteiger partial charge in [0.2, 0.25) is 0 Å². The van der Waals surface area contributed by atoms with Crippen molar-refractivity contribution in [3.63, 3.8) is 0 Å². The van der Waals surface area contributed by atoms with E-state index in [0.717, 1.165) is 11.4 Å². The number of nitrogens with one attached hydrogen (secondary N) is 1. The van der Waals surface area contributed by atoms with E-state index in [9.17, 15) is 13.2 Å². The van der Waals surface area contributed by atoms with Crippen LogP contribution in [0.3, 0.4) is 0 Å². The molecular weight excluding hydrogens is 326 g/mol. The van der Waals surface area contributed by atoms with Crippen LogP contribution in [0.15, 0.2) is 40.0 Å². The van der Waals surface area contributed by atoms with Gasteiger partial charge in [0.1, 0.15) is 5.70 Å². The number of amidine groups is 1. The summed E-state index contributed by atoms with van der Waals surface area (Å²) >= 11 is 1.60. The van der Waals surface area contributed by atoms with Crippen LogP contribution in [0.25, 0.3) is 0 Å². The molecule has 1 aromatic rings. The van der Waals surface area contributed by atoms with Gasteiger partial charge in [-0.3, -0.25) is 19.5 Å². The largest absolute Gasteiger partial charge is 0.394 e. The van der Waals surface area contributed by atoms with Gasteiger partial charge in [0.25, 0.3) is 15.9 Å². The van der Waals surface area contributed by atoms with Gasteiger partial charge in [-0.15, -0.1) is 0 Å². The molecule has 0 saturated heterocycles. The second-order valence-corrected chi connectivity index (χ2v) is 7.04. The minimum Gasteiger partial charge on any atom is -0.394 e. The molecule has 118 valence electrons. The molecule has 1 amide bonds. The lowest BCUT2D eigenvalue weighted by molar-refractivity contribution is -0.113. The summed E-state index contributed by atoms with van der Waals surface area (Å²) in [4.78, 5) is 18.7. The van der Waals surface area contributed by atoms with Gasteiger partial charge in [0.15, 0.2) is 10.7 Å². The number of thioether (sulfide) groups is 1. The van der Waals surface area contributed by atoms with E-state index in [2.05, 4.69) is 14.7 Å². The number of hydrogen-bond donors (Lipinski definition) is 3. The van der Waals surface area contributed by atoms with E-state index in [1.807, 2.05) is 18.2 Å². The Morgan fingerprint density at radius 3 is 2.77 bits per heavy atom. The number of aliphatic imine (C=N–C) groups is 1. The first-order valence-corrected chi connectivity index (χ1v) is 8.90. The number of rotatable bonds is 6. The Labute approximate surface area is 132 Å². The molecule has 22 heavy (non-hydrogen) atoms. The standard InChI is InChI=1S/C12H15N5O3S2/c13-9-10(11(14)18)22(19,20)17-12(9)16-5-6-21-7-8-3-1-2-4-15-8/h1-4H,5-7,13H2,(H2,14,18)(H,16,17). The second kappa shape index (κ2) is 6.79. The molecule has 1 aromatic heterocycles. The fourth-order valence-electron chi connectivity index (χ4n) is 1.75. The zero-order valence-corrected chi connectivity index (χ0v) is 13.2. The van der Waals surface area contributed by atoms with Crippen LogP contribution >= 0.6 is 11.8 Å². The summed E-state index contributed by atoms with van der Waals surface area (Å²) in [6.07, 6.45) is 1.72. The quantitative estimate of drug-likeness (QED) is 0.584. The zero-order valence-electron chi connectivity index (χ0n) is 11.5. The molecule has 1 aliphatic heterocycles. The summed E-state index contributed by atoms with van der Waals surface area (Å²) in [6.45, 7) is 0.349. The maximum Gasteiger partial charge on any atom is 0.270 e. The zero-order chi connectivity index (χ0) is 16.2. The molecule has 2 rings (SSSR count). The smallest absolute Gasteiger partial charge is 0.270 e. The van der Waals surface area contributed by atoms with E-state index in [0.29, 0.717) is 12.3 Å². The molecule has 0 spiro atoms. The first-order valence-electron chi connectivity index (χ1n) is 6.26. The number of pyridine rings is 1. The maximum absolute atomic E-state index is 11.7. The predicted octanol–water partition coefficient (Wildman–Crippen LogP) is -0.698. The number of nitrogens with two attached hydrogens (primary N) is 2. The molecule has 0 aliphatic carbocycles. The lowest BCUT2D eigenvalue weighted by Gasteiger charge is -2.01. The average molecular weight is 341 g/mol. The number of carbonyl (C=O) groups excluding carboxylic acids is 1. The Morgan fingerprint density at radius 2 is 2.18 bits per heavy atom. The van der Waals surface area contributed by atoms with Crippen LogP contribution in [0.5, 0.6) is 0 Å². The highest BCUT2D eigenvalue weighted by Gasteiger charge is 2.36. The molecular formula is C12H15N5O3S2. The van der Waals surface area contributed by atoms with Crippen molar-refractivity contribution in [2.24, 2.45) is 16.5 Å². The van der Waals surface area contributed by atoms with E-state index < -0.39 is 20.8 Å². The van der Waals surface area contributed by atoms with Crippen molar-refractivity contribution >= 4 is 33.5 Å². The van der Waals surface area contributed by atoms with E-state index >= 15 is 0 Å². The van der Waals surface area contributed by atoms with Crippen LogP contribution in [-0.2, 0) is 20.6 Å².